The van der Waals surface area contributed by atoms with Gasteiger partial charge < -0.3 is 5.11 Å². The Kier molecular flexibility index (Phi) is 3.24. The number of hydrogen-bond acceptors (Lipinski definition) is 2. The molecule has 1 saturated heterocycles. The highest BCUT2D eigenvalue weighted by atomic mass is 35.5. The Bertz CT molecular complexity index is 358. The predicted molar refractivity (Wildman–Crippen MR) is 57.3 cm³/mol. The molecule has 1 aliphatic heterocycles. The summed E-state index contributed by atoms with van der Waals surface area (Å²) in [6.45, 7) is 2.29. The molecule has 4 heteroatoms. The van der Waals surface area contributed by atoms with Crippen LogP contribution in [-0.2, 0) is 6.54 Å². The van der Waals surface area contributed by atoms with E-state index in [9.17, 15) is 9.50 Å². The maximum absolute atomic E-state index is 12.9. The summed E-state index contributed by atoms with van der Waals surface area (Å²) in [5.41, 5.74) is 0.982. The lowest BCUT2D eigenvalue weighted by atomic mass is 10.2. The van der Waals surface area contributed by atoms with Gasteiger partial charge in [0.2, 0.25) is 0 Å². The largest absolute Gasteiger partial charge is 0.392 e. The third-order valence-electron chi connectivity index (χ3n) is 2.64. The number of benzene rings is 1. The molecule has 0 bridgehead atoms. The fourth-order valence-electron chi connectivity index (χ4n) is 1.85. The molecule has 0 aliphatic carbocycles. The fourth-order valence-corrected chi connectivity index (χ4v) is 2.06. The predicted octanol–water partition coefficient (Wildman–Crippen LogP) is 2.05. The monoisotopic (exact) mass is 229 g/mol. The molecule has 2 nitrogen and oxygen atoms in total. The first-order chi connectivity index (χ1) is 7.15. The zero-order valence-corrected chi connectivity index (χ0v) is 9.04. The Morgan fingerprint density at radius 3 is 2.93 bits per heavy atom. The lowest BCUT2D eigenvalue weighted by molar-refractivity contribution is 0.175. The van der Waals surface area contributed by atoms with Gasteiger partial charge in [-0.15, -0.1) is 0 Å². The minimum Gasteiger partial charge on any atom is -0.392 e. The summed E-state index contributed by atoms with van der Waals surface area (Å²) in [6.07, 6.45) is 0.593. The number of aliphatic hydroxyl groups is 1. The van der Waals surface area contributed by atoms with Crippen LogP contribution in [0.15, 0.2) is 18.2 Å². The average Bonchev–Trinajstić information content (AvgIpc) is 2.58. The summed E-state index contributed by atoms with van der Waals surface area (Å²) >= 11 is 5.69. The number of likely N-dealkylation sites (tertiary alicyclic amines) is 1. The maximum atomic E-state index is 12.9. The second kappa shape index (κ2) is 4.47. The number of β-amino-alcohol motifs (C(OH)–C–C–N with tert-alkyl or cyclic N) is 1. The molecule has 0 amide bonds. The van der Waals surface area contributed by atoms with Crippen molar-refractivity contribution in [2.75, 3.05) is 13.1 Å². The van der Waals surface area contributed by atoms with Crippen LogP contribution in [0.1, 0.15) is 12.0 Å². The third-order valence-corrected chi connectivity index (χ3v) is 2.93. The van der Waals surface area contributed by atoms with Crippen molar-refractivity contribution in [2.45, 2.75) is 19.1 Å². The van der Waals surface area contributed by atoms with Crippen molar-refractivity contribution in [1.82, 2.24) is 4.90 Å². The average molecular weight is 230 g/mol. The van der Waals surface area contributed by atoms with Gasteiger partial charge in [-0.2, -0.15) is 0 Å². The van der Waals surface area contributed by atoms with Crippen LogP contribution in [-0.4, -0.2) is 29.2 Å². The van der Waals surface area contributed by atoms with Crippen molar-refractivity contribution in [3.8, 4) is 0 Å². The van der Waals surface area contributed by atoms with Crippen molar-refractivity contribution in [2.24, 2.45) is 0 Å². The lowest BCUT2D eigenvalue weighted by Gasteiger charge is -2.14. The highest BCUT2D eigenvalue weighted by molar-refractivity contribution is 6.30. The SMILES string of the molecule is O[C@H]1CCN(Cc2ccc(F)c(Cl)c2)C1. The van der Waals surface area contributed by atoms with Crippen LogP contribution in [0.2, 0.25) is 5.02 Å². The summed E-state index contributed by atoms with van der Waals surface area (Å²) in [4.78, 5) is 2.13. The Balaban J connectivity index is 2.02. The van der Waals surface area contributed by atoms with E-state index in [1.165, 1.54) is 6.07 Å². The Morgan fingerprint density at radius 2 is 2.33 bits per heavy atom. The number of nitrogens with zero attached hydrogens (tertiary/aromatic N) is 1. The number of hydrogen-bond donors (Lipinski definition) is 1. The van der Waals surface area contributed by atoms with Gasteiger partial charge in [0.25, 0.3) is 0 Å². The van der Waals surface area contributed by atoms with E-state index in [1.807, 2.05) is 0 Å². The molecule has 1 heterocycles. The van der Waals surface area contributed by atoms with Crippen LogP contribution >= 0.6 is 11.6 Å². The third kappa shape index (κ3) is 2.68. The normalized spacial score (nSPS) is 22.2. The summed E-state index contributed by atoms with van der Waals surface area (Å²) < 4.78 is 12.9. The van der Waals surface area contributed by atoms with Crippen molar-refractivity contribution in [3.63, 3.8) is 0 Å². The summed E-state index contributed by atoms with van der Waals surface area (Å²) in [5.74, 6) is -0.387. The van der Waals surface area contributed by atoms with Crippen LogP contribution in [0.25, 0.3) is 0 Å². The van der Waals surface area contributed by atoms with E-state index < -0.39 is 0 Å². The van der Waals surface area contributed by atoms with Gasteiger partial charge in [0.15, 0.2) is 0 Å². The molecule has 1 N–H and O–H groups in total. The molecule has 2 rings (SSSR count). The van der Waals surface area contributed by atoms with Crippen LogP contribution < -0.4 is 0 Å². The minimum absolute atomic E-state index is 0.159. The molecule has 0 unspecified atom stereocenters. The Morgan fingerprint density at radius 1 is 1.53 bits per heavy atom. The molecule has 0 radical (unpaired) electrons. The van der Waals surface area contributed by atoms with Gasteiger partial charge >= 0.3 is 0 Å². The van der Waals surface area contributed by atoms with Crippen LogP contribution in [0.4, 0.5) is 4.39 Å². The second-order valence-corrected chi connectivity index (χ2v) is 4.33. The number of aliphatic hydroxyl groups excluding tert-OH is 1. The molecular formula is C11H13ClFNO. The molecule has 1 aromatic rings. The Hall–Kier alpha value is -0.640. The lowest BCUT2D eigenvalue weighted by Crippen LogP contribution is -2.21. The molecule has 0 saturated carbocycles. The molecule has 0 spiro atoms. The smallest absolute Gasteiger partial charge is 0.141 e. The zero-order chi connectivity index (χ0) is 10.8. The topological polar surface area (TPSA) is 23.5 Å². The van der Waals surface area contributed by atoms with Gasteiger partial charge in [-0.25, -0.2) is 4.39 Å². The summed E-state index contributed by atoms with van der Waals surface area (Å²) in [6, 6.07) is 4.75. The molecular weight excluding hydrogens is 217 g/mol. The van der Waals surface area contributed by atoms with Crippen molar-refractivity contribution < 1.29 is 9.50 Å². The van der Waals surface area contributed by atoms with Gasteiger partial charge in [0, 0.05) is 19.6 Å². The van der Waals surface area contributed by atoms with Gasteiger partial charge in [-0.1, -0.05) is 17.7 Å². The van der Waals surface area contributed by atoms with Crippen molar-refractivity contribution in [3.05, 3.63) is 34.6 Å². The zero-order valence-electron chi connectivity index (χ0n) is 8.29. The number of rotatable bonds is 2. The summed E-state index contributed by atoms with van der Waals surface area (Å²) in [7, 11) is 0. The van der Waals surface area contributed by atoms with Crippen LogP contribution in [0.3, 0.4) is 0 Å². The van der Waals surface area contributed by atoms with E-state index in [2.05, 4.69) is 4.90 Å². The first kappa shape index (κ1) is 10.9. The molecule has 0 aromatic heterocycles. The van der Waals surface area contributed by atoms with E-state index in [0.717, 1.165) is 25.1 Å². The second-order valence-electron chi connectivity index (χ2n) is 3.93. The van der Waals surface area contributed by atoms with Gasteiger partial charge in [0.1, 0.15) is 5.82 Å². The highest BCUT2D eigenvalue weighted by Gasteiger charge is 2.19. The molecule has 15 heavy (non-hydrogen) atoms. The molecule has 1 aromatic carbocycles. The molecule has 1 aliphatic rings. The molecule has 1 fully saturated rings. The van der Waals surface area contributed by atoms with Gasteiger partial charge in [-0.3, -0.25) is 4.90 Å². The fraction of sp³-hybridized carbons (Fsp3) is 0.455. The maximum Gasteiger partial charge on any atom is 0.141 e. The first-order valence-corrected chi connectivity index (χ1v) is 5.37. The van der Waals surface area contributed by atoms with E-state index in [1.54, 1.807) is 12.1 Å². The minimum atomic E-state index is -0.387. The van der Waals surface area contributed by atoms with Gasteiger partial charge in [0.05, 0.1) is 11.1 Å². The van der Waals surface area contributed by atoms with Crippen LogP contribution in [0, 0.1) is 5.82 Å². The van der Waals surface area contributed by atoms with Crippen molar-refractivity contribution in [1.29, 1.82) is 0 Å². The van der Waals surface area contributed by atoms with E-state index in [4.69, 9.17) is 11.6 Å². The number of halogens is 2. The Labute approximate surface area is 93.3 Å². The van der Waals surface area contributed by atoms with Gasteiger partial charge in [-0.05, 0) is 24.1 Å². The summed E-state index contributed by atoms with van der Waals surface area (Å²) in [5, 5.41) is 9.51. The first-order valence-electron chi connectivity index (χ1n) is 4.99. The highest BCUT2D eigenvalue weighted by Crippen LogP contribution is 2.19. The molecule has 1 atom stereocenters. The van der Waals surface area contributed by atoms with Crippen LogP contribution in [0.5, 0.6) is 0 Å². The van der Waals surface area contributed by atoms with Crippen molar-refractivity contribution >= 4 is 11.6 Å². The standard InChI is InChI=1S/C11H13ClFNO/c12-10-5-8(1-2-11(10)13)6-14-4-3-9(15)7-14/h1-2,5,9,15H,3-4,6-7H2/t9-/m0/s1. The molecule has 82 valence electrons. The van der Waals surface area contributed by atoms with E-state index in [-0.39, 0.29) is 16.9 Å². The van der Waals surface area contributed by atoms with E-state index >= 15 is 0 Å². The van der Waals surface area contributed by atoms with E-state index in [0.29, 0.717) is 6.54 Å². The quantitative estimate of drug-likeness (QED) is 0.839.